The minimum Gasteiger partial charge on any atom is -0.398 e. The van der Waals surface area contributed by atoms with Crippen LogP contribution in [0.5, 0.6) is 0 Å². The molecule has 0 atom stereocenters. The molecule has 1 amide bonds. The maximum atomic E-state index is 12.8. The van der Waals surface area contributed by atoms with Crippen LogP contribution in [0.4, 0.5) is 18.9 Å². The fourth-order valence-corrected chi connectivity index (χ4v) is 1.86. The quantitative estimate of drug-likeness (QED) is 0.854. The first-order valence-corrected chi connectivity index (χ1v) is 5.99. The number of aromatic nitrogens is 2. The number of nitrogen functional groups attached to an aromatic ring is 1. The van der Waals surface area contributed by atoms with E-state index in [2.05, 4.69) is 10.2 Å². The predicted octanol–water partition coefficient (Wildman–Crippen LogP) is 2.28. The van der Waals surface area contributed by atoms with E-state index < -0.39 is 23.3 Å². The van der Waals surface area contributed by atoms with E-state index in [1.165, 1.54) is 24.2 Å². The van der Waals surface area contributed by atoms with Crippen LogP contribution < -0.4 is 5.73 Å². The predicted molar refractivity (Wildman–Crippen MR) is 70.2 cm³/mol. The van der Waals surface area contributed by atoms with Crippen LogP contribution in [0.1, 0.15) is 21.5 Å². The van der Waals surface area contributed by atoms with Gasteiger partial charge in [0.2, 0.25) is 0 Å². The Morgan fingerprint density at radius 2 is 2.14 bits per heavy atom. The molecule has 0 saturated heterocycles. The highest BCUT2D eigenvalue weighted by molar-refractivity contribution is 5.94. The molecule has 1 aromatic heterocycles. The molecule has 5 nitrogen and oxygen atoms in total. The number of anilines is 1. The van der Waals surface area contributed by atoms with E-state index in [9.17, 15) is 18.0 Å². The fourth-order valence-electron chi connectivity index (χ4n) is 1.86. The van der Waals surface area contributed by atoms with Crippen molar-refractivity contribution in [3.63, 3.8) is 0 Å². The summed E-state index contributed by atoms with van der Waals surface area (Å²) < 4.78 is 38.3. The summed E-state index contributed by atoms with van der Waals surface area (Å²) in [6.07, 6.45) is -1.45. The second-order valence-corrected chi connectivity index (χ2v) is 4.57. The van der Waals surface area contributed by atoms with Crippen LogP contribution >= 0.6 is 0 Å². The summed E-state index contributed by atoms with van der Waals surface area (Å²) in [5.74, 6) is -0.526. The number of aromatic amines is 1. The SMILES string of the molecule is CN(Cc1cn[nH]c1)C(=O)c1ccc(N)c(C(F)(F)F)c1. The summed E-state index contributed by atoms with van der Waals surface area (Å²) in [5.41, 5.74) is 4.57. The minimum atomic E-state index is -4.59. The third-order valence-electron chi connectivity index (χ3n) is 2.93. The van der Waals surface area contributed by atoms with Crippen LogP contribution in [0.2, 0.25) is 0 Å². The third kappa shape index (κ3) is 3.33. The minimum absolute atomic E-state index is 0.0671. The molecule has 21 heavy (non-hydrogen) atoms. The van der Waals surface area contributed by atoms with Crippen molar-refractivity contribution in [1.29, 1.82) is 0 Å². The van der Waals surface area contributed by atoms with E-state index in [-0.39, 0.29) is 12.1 Å². The van der Waals surface area contributed by atoms with Crippen molar-refractivity contribution >= 4 is 11.6 Å². The summed E-state index contributed by atoms with van der Waals surface area (Å²) in [6.45, 7) is 0.237. The van der Waals surface area contributed by atoms with Gasteiger partial charge in [0.1, 0.15) is 0 Å². The lowest BCUT2D eigenvalue weighted by atomic mass is 10.1. The van der Waals surface area contributed by atoms with Gasteiger partial charge in [0.05, 0.1) is 11.8 Å². The number of hydrogen-bond donors (Lipinski definition) is 2. The molecule has 3 N–H and O–H groups in total. The standard InChI is InChI=1S/C13H13F3N4O/c1-20(7-8-5-18-19-6-8)12(21)9-2-3-11(17)10(4-9)13(14,15)16/h2-6H,7,17H2,1H3,(H,18,19). The number of nitrogens with one attached hydrogen (secondary N) is 1. The smallest absolute Gasteiger partial charge is 0.398 e. The number of rotatable bonds is 3. The summed E-state index contributed by atoms with van der Waals surface area (Å²) in [4.78, 5) is 13.5. The number of hydrogen-bond acceptors (Lipinski definition) is 3. The van der Waals surface area contributed by atoms with Crippen molar-refractivity contribution in [3.05, 3.63) is 47.3 Å². The first kappa shape index (κ1) is 14.9. The molecule has 0 aliphatic heterocycles. The second kappa shape index (κ2) is 5.47. The molecule has 0 aliphatic carbocycles. The topological polar surface area (TPSA) is 75.0 Å². The Kier molecular flexibility index (Phi) is 3.88. The van der Waals surface area contributed by atoms with Gasteiger partial charge in [-0.3, -0.25) is 9.89 Å². The maximum Gasteiger partial charge on any atom is 0.418 e. The Morgan fingerprint density at radius 3 is 2.71 bits per heavy atom. The Bertz CT molecular complexity index is 637. The number of benzene rings is 1. The molecule has 1 aromatic carbocycles. The number of alkyl halides is 3. The molecule has 8 heteroatoms. The van der Waals surface area contributed by atoms with E-state index in [1.807, 2.05) is 0 Å². The third-order valence-corrected chi connectivity index (χ3v) is 2.93. The number of amides is 1. The second-order valence-electron chi connectivity index (χ2n) is 4.57. The lowest BCUT2D eigenvalue weighted by Gasteiger charge is -2.18. The number of nitrogens with two attached hydrogens (primary N) is 1. The Hall–Kier alpha value is -2.51. The van der Waals surface area contributed by atoms with Gasteiger partial charge < -0.3 is 10.6 Å². The first-order valence-electron chi connectivity index (χ1n) is 5.99. The van der Waals surface area contributed by atoms with Gasteiger partial charge >= 0.3 is 6.18 Å². The number of carbonyl (C=O) groups is 1. The highest BCUT2D eigenvalue weighted by Gasteiger charge is 2.33. The van der Waals surface area contributed by atoms with E-state index in [0.717, 1.165) is 17.7 Å². The fraction of sp³-hybridized carbons (Fsp3) is 0.231. The largest absolute Gasteiger partial charge is 0.418 e. The number of nitrogens with zero attached hydrogens (tertiary/aromatic N) is 2. The summed E-state index contributed by atoms with van der Waals surface area (Å²) >= 11 is 0. The van der Waals surface area contributed by atoms with Gasteiger partial charge in [-0.15, -0.1) is 0 Å². The van der Waals surface area contributed by atoms with Gasteiger partial charge in [0, 0.05) is 36.6 Å². The van der Waals surface area contributed by atoms with E-state index in [0.29, 0.717) is 0 Å². The van der Waals surface area contributed by atoms with Gasteiger partial charge in [0.25, 0.3) is 5.91 Å². The molecule has 1 heterocycles. The lowest BCUT2D eigenvalue weighted by Crippen LogP contribution is -2.26. The van der Waals surface area contributed by atoms with Gasteiger partial charge in [-0.25, -0.2) is 0 Å². The highest BCUT2D eigenvalue weighted by Crippen LogP contribution is 2.34. The number of carbonyl (C=O) groups excluding carboxylic acids is 1. The molecule has 0 radical (unpaired) electrons. The summed E-state index contributed by atoms with van der Waals surface area (Å²) in [5, 5.41) is 6.33. The molecule has 0 aliphatic rings. The average molecular weight is 298 g/mol. The first-order chi connectivity index (χ1) is 9.79. The molecule has 2 rings (SSSR count). The lowest BCUT2D eigenvalue weighted by molar-refractivity contribution is -0.136. The van der Waals surface area contributed by atoms with Crippen LogP contribution in [0.3, 0.4) is 0 Å². The molecule has 112 valence electrons. The molecule has 0 saturated carbocycles. The Balaban J connectivity index is 2.23. The molecular formula is C13H13F3N4O. The number of H-pyrrole nitrogens is 1. The Morgan fingerprint density at radius 1 is 1.43 bits per heavy atom. The molecular weight excluding hydrogens is 285 g/mol. The van der Waals surface area contributed by atoms with Gasteiger partial charge in [-0.1, -0.05) is 0 Å². The van der Waals surface area contributed by atoms with Crippen molar-refractivity contribution in [2.75, 3.05) is 12.8 Å². The normalized spacial score (nSPS) is 11.4. The Labute approximate surface area is 118 Å². The summed E-state index contributed by atoms with van der Waals surface area (Å²) in [6, 6.07) is 3.13. The van der Waals surface area contributed by atoms with Crippen LogP contribution in [-0.4, -0.2) is 28.1 Å². The monoisotopic (exact) mass is 298 g/mol. The van der Waals surface area contributed by atoms with E-state index >= 15 is 0 Å². The summed E-state index contributed by atoms with van der Waals surface area (Å²) in [7, 11) is 1.50. The molecule has 0 fully saturated rings. The molecule has 0 unspecified atom stereocenters. The van der Waals surface area contributed by atoms with Crippen LogP contribution in [-0.2, 0) is 12.7 Å². The maximum absolute atomic E-state index is 12.8. The average Bonchev–Trinajstić information content (AvgIpc) is 2.90. The van der Waals surface area contributed by atoms with Crippen molar-refractivity contribution in [3.8, 4) is 0 Å². The van der Waals surface area contributed by atoms with Crippen molar-refractivity contribution < 1.29 is 18.0 Å². The van der Waals surface area contributed by atoms with Crippen molar-refractivity contribution in [2.45, 2.75) is 12.7 Å². The van der Waals surface area contributed by atoms with Crippen molar-refractivity contribution in [2.24, 2.45) is 0 Å². The van der Waals surface area contributed by atoms with E-state index in [4.69, 9.17) is 5.73 Å². The zero-order valence-corrected chi connectivity index (χ0v) is 11.1. The van der Waals surface area contributed by atoms with Gasteiger partial charge in [0.15, 0.2) is 0 Å². The van der Waals surface area contributed by atoms with Gasteiger partial charge in [-0.05, 0) is 18.2 Å². The number of halogens is 3. The molecule has 2 aromatic rings. The zero-order valence-electron chi connectivity index (χ0n) is 11.1. The van der Waals surface area contributed by atoms with E-state index in [1.54, 1.807) is 6.20 Å². The molecule has 0 spiro atoms. The van der Waals surface area contributed by atoms with Crippen LogP contribution in [0.25, 0.3) is 0 Å². The molecule has 0 bridgehead atoms. The van der Waals surface area contributed by atoms with Crippen LogP contribution in [0, 0.1) is 0 Å². The van der Waals surface area contributed by atoms with Crippen molar-refractivity contribution in [1.82, 2.24) is 15.1 Å². The zero-order chi connectivity index (χ0) is 15.6. The van der Waals surface area contributed by atoms with Crippen LogP contribution in [0.15, 0.2) is 30.6 Å². The highest BCUT2D eigenvalue weighted by atomic mass is 19.4. The van der Waals surface area contributed by atoms with Gasteiger partial charge in [-0.2, -0.15) is 18.3 Å².